The summed E-state index contributed by atoms with van der Waals surface area (Å²) in [6.07, 6.45) is 5.04. The Bertz CT molecular complexity index is 457. The molecule has 0 radical (unpaired) electrons. The number of ether oxygens (including phenoxy) is 1. The van der Waals surface area contributed by atoms with Crippen molar-refractivity contribution in [2.45, 2.75) is 56.3 Å². The highest BCUT2D eigenvalue weighted by molar-refractivity contribution is 5.35. The van der Waals surface area contributed by atoms with Crippen LogP contribution >= 0.6 is 0 Å². The van der Waals surface area contributed by atoms with Crippen LogP contribution in [0.15, 0.2) is 24.3 Å². The zero-order valence-electron chi connectivity index (χ0n) is 12.4. The van der Waals surface area contributed by atoms with E-state index in [1.165, 1.54) is 0 Å². The predicted octanol–water partition coefficient (Wildman–Crippen LogP) is 2.16. The van der Waals surface area contributed by atoms with Crippen molar-refractivity contribution >= 4 is 0 Å². The third kappa shape index (κ3) is 3.57. The number of benzene rings is 1. The van der Waals surface area contributed by atoms with Gasteiger partial charge in [0.05, 0.1) is 24.9 Å². The third-order valence-electron chi connectivity index (χ3n) is 4.87. The number of phenols is 1. The number of aliphatic hydroxyl groups is 1. The number of hydrogen-bond acceptors (Lipinski definition) is 4. The quantitative estimate of drug-likeness (QED) is 0.795. The summed E-state index contributed by atoms with van der Waals surface area (Å²) in [5.74, 6) is 0.862. The van der Waals surface area contributed by atoms with Crippen LogP contribution in [-0.2, 0) is 4.74 Å². The first-order valence-corrected chi connectivity index (χ1v) is 8.05. The number of hydrogen-bond donors (Lipinski definition) is 3. The van der Waals surface area contributed by atoms with E-state index < -0.39 is 0 Å². The average Bonchev–Trinajstić information content (AvgIpc) is 2.92. The summed E-state index contributed by atoms with van der Waals surface area (Å²) in [4.78, 5) is 0. The van der Waals surface area contributed by atoms with Gasteiger partial charge in [0.25, 0.3) is 0 Å². The van der Waals surface area contributed by atoms with Crippen molar-refractivity contribution in [1.82, 2.24) is 5.32 Å². The lowest BCUT2D eigenvalue weighted by molar-refractivity contribution is -0.00255. The molecule has 116 valence electrons. The number of rotatable bonds is 4. The van der Waals surface area contributed by atoms with Crippen LogP contribution in [0.3, 0.4) is 0 Å². The molecule has 1 aliphatic carbocycles. The first-order chi connectivity index (χ1) is 10.2. The molecule has 2 aliphatic rings. The van der Waals surface area contributed by atoms with Gasteiger partial charge in [0.2, 0.25) is 0 Å². The van der Waals surface area contributed by atoms with E-state index in [9.17, 15) is 10.2 Å². The van der Waals surface area contributed by atoms with Crippen LogP contribution in [0.4, 0.5) is 0 Å². The third-order valence-corrected chi connectivity index (χ3v) is 4.87. The van der Waals surface area contributed by atoms with Gasteiger partial charge in [0.1, 0.15) is 5.75 Å². The summed E-state index contributed by atoms with van der Waals surface area (Å²) in [7, 11) is 0. The fraction of sp³-hybridized carbons (Fsp3) is 0.647. The SMILES string of the molecule is Oc1ccccc1C1CCC(OC[C@@H]2NCC[C@H]2O)CC1. The smallest absolute Gasteiger partial charge is 0.119 e. The molecule has 2 fully saturated rings. The molecule has 0 aromatic heterocycles. The second-order valence-electron chi connectivity index (χ2n) is 6.28. The molecule has 3 rings (SSSR count). The maximum Gasteiger partial charge on any atom is 0.119 e. The zero-order valence-corrected chi connectivity index (χ0v) is 12.4. The molecule has 4 nitrogen and oxygen atoms in total. The van der Waals surface area contributed by atoms with Crippen LogP contribution < -0.4 is 5.32 Å². The Morgan fingerprint density at radius 1 is 1.10 bits per heavy atom. The van der Waals surface area contributed by atoms with E-state index in [4.69, 9.17) is 4.74 Å². The number of para-hydroxylation sites is 1. The van der Waals surface area contributed by atoms with Crippen molar-refractivity contribution in [2.24, 2.45) is 0 Å². The highest BCUT2D eigenvalue weighted by Gasteiger charge is 2.28. The molecule has 21 heavy (non-hydrogen) atoms. The molecule has 0 bridgehead atoms. The van der Waals surface area contributed by atoms with E-state index in [0.29, 0.717) is 24.4 Å². The minimum Gasteiger partial charge on any atom is -0.508 e. The number of aliphatic hydroxyl groups excluding tert-OH is 1. The standard InChI is InChI=1S/C17H25NO3/c19-16-4-2-1-3-14(16)12-5-7-13(8-6-12)21-11-15-17(20)9-10-18-15/h1-4,12-13,15,17-20H,5-11H2/t12?,13?,15-,17+/m0/s1. The summed E-state index contributed by atoms with van der Waals surface area (Å²) >= 11 is 0. The van der Waals surface area contributed by atoms with Crippen LogP contribution in [0.2, 0.25) is 0 Å². The van der Waals surface area contributed by atoms with Gasteiger partial charge in [-0.15, -0.1) is 0 Å². The van der Waals surface area contributed by atoms with Gasteiger partial charge in [-0.1, -0.05) is 18.2 Å². The van der Waals surface area contributed by atoms with Crippen molar-refractivity contribution in [3.05, 3.63) is 29.8 Å². The number of nitrogens with one attached hydrogen (secondary N) is 1. The topological polar surface area (TPSA) is 61.7 Å². The van der Waals surface area contributed by atoms with E-state index in [2.05, 4.69) is 5.32 Å². The molecule has 0 spiro atoms. The molecule has 4 heteroatoms. The molecule has 1 heterocycles. The van der Waals surface area contributed by atoms with Gasteiger partial charge < -0.3 is 20.3 Å². The van der Waals surface area contributed by atoms with Gasteiger partial charge in [-0.2, -0.15) is 0 Å². The molecule has 1 saturated heterocycles. The van der Waals surface area contributed by atoms with Crippen molar-refractivity contribution in [1.29, 1.82) is 0 Å². The highest BCUT2D eigenvalue weighted by Crippen LogP contribution is 2.37. The fourth-order valence-electron chi connectivity index (χ4n) is 3.54. The first-order valence-electron chi connectivity index (χ1n) is 8.05. The van der Waals surface area contributed by atoms with Gasteiger partial charge in [-0.05, 0) is 56.2 Å². The Kier molecular flexibility index (Phi) is 4.78. The molecule has 0 amide bonds. The maximum atomic E-state index is 9.94. The van der Waals surface area contributed by atoms with E-state index in [1.54, 1.807) is 6.07 Å². The van der Waals surface area contributed by atoms with Gasteiger partial charge in [0, 0.05) is 0 Å². The van der Waals surface area contributed by atoms with Crippen LogP contribution in [-0.4, -0.2) is 41.6 Å². The molecular weight excluding hydrogens is 266 g/mol. The summed E-state index contributed by atoms with van der Waals surface area (Å²) < 4.78 is 5.97. The van der Waals surface area contributed by atoms with Gasteiger partial charge in [-0.3, -0.25) is 0 Å². The number of aromatic hydroxyl groups is 1. The normalized spacial score (nSPS) is 33.2. The van der Waals surface area contributed by atoms with Crippen LogP contribution in [0, 0.1) is 0 Å². The summed E-state index contributed by atoms with van der Waals surface area (Å²) in [5.41, 5.74) is 1.07. The van der Waals surface area contributed by atoms with Crippen LogP contribution in [0.5, 0.6) is 5.75 Å². The maximum absolute atomic E-state index is 9.94. The second kappa shape index (κ2) is 6.77. The average molecular weight is 291 g/mol. The van der Waals surface area contributed by atoms with Crippen molar-refractivity contribution in [3.63, 3.8) is 0 Å². The molecule has 1 saturated carbocycles. The molecule has 1 aliphatic heterocycles. The number of phenolic OH excluding ortho intramolecular Hbond substituents is 1. The van der Waals surface area contributed by atoms with Gasteiger partial charge in [-0.25, -0.2) is 0 Å². The highest BCUT2D eigenvalue weighted by atomic mass is 16.5. The lowest BCUT2D eigenvalue weighted by Gasteiger charge is -2.30. The Morgan fingerprint density at radius 2 is 1.86 bits per heavy atom. The summed E-state index contributed by atoms with van der Waals surface area (Å²) in [6, 6.07) is 7.75. The molecule has 1 aromatic rings. The Morgan fingerprint density at radius 3 is 2.52 bits per heavy atom. The summed E-state index contributed by atoms with van der Waals surface area (Å²) in [5, 5.41) is 23.0. The van der Waals surface area contributed by atoms with Crippen molar-refractivity contribution < 1.29 is 14.9 Å². The predicted molar refractivity (Wildman–Crippen MR) is 81.5 cm³/mol. The Labute approximate surface area is 126 Å². The van der Waals surface area contributed by atoms with Gasteiger partial charge in [0.15, 0.2) is 0 Å². The molecule has 3 N–H and O–H groups in total. The molecule has 1 aromatic carbocycles. The molecular formula is C17H25NO3. The first kappa shape index (κ1) is 14.8. The lowest BCUT2D eigenvalue weighted by Crippen LogP contribution is -2.37. The van der Waals surface area contributed by atoms with Crippen molar-refractivity contribution in [2.75, 3.05) is 13.2 Å². The van der Waals surface area contributed by atoms with Crippen LogP contribution in [0.25, 0.3) is 0 Å². The largest absolute Gasteiger partial charge is 0.508 e. The summed E-state index contributed by atoms with van der Waals surface area (Å²) in [6.45, 7) is 1.49. The second-order valence-corrected chi connectivity index (χ2v) is 6.28. The van der Waals surface area contributed by atoms with Crippen LogP contribution in [0.1, 0.15) is 43.6 Å². The minimum atomic E-state index is -0.261. The fourth-order valence-corrected chi connectivity index (χ4v) is 3.54. The van der Waals surface area contributed by atoms with E-state index in [-0.39, 0.29) is 12.1 Å². The Balaban J connectivity index is 1.46. The lowest BCUT2D eigenvalue weighted by atomic mass is 9.82. The van der Waals surface area contributed by atoms with E-state index in [0.717, 1.165) is 44.2 Å². The van der Waals surface area contributed by atoms with Gasteiger partial charge >= 0.3 is 0 Å². The Hall–Kier alpha value is -1.10. The minimum absolute atomic E-state index is 0.0980. The van der Waals surface area contributed by atoms with E-state index >= 15 is 0 Å². The van der Waals surface area contributed by atoms with Crippen molar-refractivity contribution in [3.8, 4) is 5.75 Å². The van der Waals surface area contributed by atoms with E-state index in [1.807, 2.05) is 18.2 Å². The zero-order chi connectivity index (χ0) is 14.7. The monoisotopic (exact) mass is 291 g/mol. The molecule has 2 atom stereocenters. The molecule has 0 unspecified atom stereocenters.